The van der Waals surface area contributed by atoms with Gasteiger partial charge in [-0.25, -0.2) is 8.42 Å². The van der Waals surface area contributed by atoms with Gasteiger partial charge in [0.25, 0.3) is 0 Å². The summed E-state index contributed by atoms with van der Waals surface area (Å²) in [4.78, 5) is 9.41. The third kappa shape index (κ3) is 6.52. The molecule has 1 aliphatic heterocycles. The molecule has 0 unspecified atom stereocenters. The first-order valence-electron chi connectivity index (χ1n) is 9.07. The van der Waals surface area contributed by atoms with E-state index in [0.717, 1.165) is 11.4 Å². The molecule has 154 valence electrons. The Balaban J connectivity index is 1.81. The Morgan fingerprint density at radius 2 is 1.17 bits per heavy atom. The first kappa shape index (κ1) is 21.7. The molecule has 0 bridgehead atoms. The highest BCUT2D eigenvalue weighted by molar-refractivity contribution is 8.13. The predicted octanol–water partition coefficient (Wildman–Crippen LogP) is 3.81. The zero-order chi connectivity index (χ0) is 20.7. The minimum atomic E-state index is -3.19. The van der Waals surface area contributed by atoms with E-state index in [1.54, 1.807) is 0 Å². The van der Waals surface area contributed by atoms with Crippen LogP contribution in [0.1, 0.15) is 0 Å². The van der Waals surface area contributed by atoms with E-state index < -0.39 is 21.9 Å². The molecular formula is C20H24N4O2S3. The standard InChI is InChI=1S/C20H24N4O2S3/c1-27-19(21-15-9-5-3-6-10-15)23-17-13-29(25,26)14-18(17)24-20(28-2)22-16-11-7-4-8-12-16/h3-12,17-18H,13-14H2,1-2H3,(H,21,23)(H,22,24)/t17-,18-/m1/s1. The Kier molecular flexibility index (Phi) is 7.63. The van der Waals surface area contributed by atoms with E-state index >= 15 is 0 Å². The van der Waals surface area contributed by atoms with Gasteiger partial charge in [0.1, 0.15) is 0 Å². The molecule has 1 saturated heterocycles. The van der Waals surface area contributed by atoms with Gasteiger partial charge < -0.3 is 10.6 Å². The molecule has 1 aliphatic rings. The van der Waals surface area contributed by atoms with Gasteiger partial charge in [-0.2, -0.15) is 0 Å². The van der Waals surface area contributed by atoms with Crippen LogP contribution in [0.25, 0.3) is 0 Å². The molecule has 1 heterocycles. The maximum atomic E-state index is 12.3. The summed E-state index contributed by atoms with van der Waals surface area (Å²) in [5, 5.41) is 7.88. The second-order valence-electron chi connectivity index (χ2n) is 6.47. The number of anilines is 2. The predicted molar refractivity (Wildman–Crippen MR) is 128 cm³/mol. The van der Waals surface area contributed by atoms with Crippen molar-refractivity contribution in [3.05, 3.63) is 60.7 Å². The quantitative estimate of drug-likeness (QED) is 0.547. The summed E-state index contributed by atoms with van der Waals surface area (Å²) in [6.07, 6.45) is 3.83. The molecule has 0 radical (unpaired) electrons. The molecular weight excluding hydrogens is 424 g/mol. The van der Waals surface area contributed by atoms with Gasteiger partial charge in [0.05, 0.1) is 23.6 Å². The van der Waals surface area contributed by atoms with Crippen molar-refractivity contribution < 1.29 is 8.42 Å². The fourth-order valence-electron chi connectivity index (χ4n) is 2.92. The van der Waals surface area contributed by atoms with Crippen molar-refractivity contribution >= 4 is 55.1 Å². The molecule has 2 N–H and O–H groups in total. The number of thioether (sulfide) groups is 2. The Morgan fingerprint density at radius 1 is 0.793 bits per heavy atom. The lowest BCUT2D eigenvalue weighted by atomic mass is 10.2. The van der Waals surface area contributed by atoms with Crippen LogP contribution in [0.3, 0.4) is 0 Å². The summed E-state index contributed by atoms with van der Waals surface area (Å²) >= 11 is 2.91. The molecule has 0 aliphatic carbocycles. The van der Waals surface area contributed by atoms with Crippen LogP contribution in [0.15, 0.2) is 70.6 Å². The highest BCUT2D eigenvalue weighted by Crippen LogP contribution is 2.23. The summed E-state index contributed by atoms with van der Waals surface area (Å²) in [5.41, 5.74) is 1.83. The molecule has 0 amide bonds. The van der Waals surface area contributed by atoms with E-state index in [9.17, 15) is 8.42 Å². The van der Waals surface area contributed by atoms with E-state index in [1.807, 2.05) is 73.2 Å². The highest BCUT2D eigenvalue weighted by Gasteiger charge is 2.38. The number of benzene rings is 2. The van der Waals surface area contributed by atoms with Crippen molar-refractivity contribution in [2.45, 2.75) is 12.1 Å². The number of aliphatic imine (C=N–C) groups is 2. The third-order valence-corrected chi connectivity index (χ3v) is 7.18. The Bertz CT molecular complexity index is 890. The first-order chi connectivity index (χ1) is 14.0. The van der Waals surface area contributed by atoms with Crippen LogP contribution in [0.4, 0.5) is 11.4 Å². The monoisotopic (exact) mass is 448 g/mol. The number of rotatable bonds is 4. The summed E-state index contributed by atoms with van der Waals surface area (Å²) in [7, 11) is -3.19. The van der Waals surface area contributed by atoms with Crippen LogP contribution in [0.2, 0.25) is 0 Å². The number of hydrogen-bond donors (Lipinski definition) is 2. The van der Waals surface area contributed by atoms with Crippen LogP contribution in [0.5, 0.6) is 0 Å². The van der Waals surface area contributed by atoms with Crippen LogP contribution < -0.4 is 10.6 Å². The van der Waals surface area contributed by atoms with E-state index in [-0.39, 0.29) is 11.5 Å². The number of hydrogen-bond acceptors (Lipinski definition) is 6. The lowest BCUT2D eigenvalue weighted by molar-refractivity contribution is 0.601. The van der Waals surface area contributed by atoms with Crippen molar-refractivity contribution in [1.29, 1.82) is 0 Å². The van der Waals surface area contributed by atoms with E-state index in [1.165, 1.54) is 23.5 Å². The van der Waals surface area contributed by atoms with Gasteiger partial charge in [-0.15, -0.1) is 0 Å². The molecule has 9 heteroatoms. The molecule has 6 nitrogen and oxygen atoms in total. The lowest BCUT2D eigenvalue weighted by Crippen LogP contribution is -2.25. The SMILES string of the molecule is CSC(=N[C@@H]1CS(=O)(=O)C[C@H]1N=C(Nc1ccccc1)SC)Nc1ccccc1. The topological polar surface area (TPSA) is 82.9 Å². The molecule has 0 spiro atoms. The average Bonchev–Trinajstić information content (AvgIpc) is 3.01. The van der Waals surface area contributed by atoms with Crippen molar-refractivity contribution in [1.82, 2.24) is 0 Å². The van der Waals surface area contributed by atoms with E-state index in [4.69, 9.17) is 9.98 Å². The summed E-state index contributed by atoms with van der Waals surface area (Å²) < 4.78 is 24.6. The van der Waals surface area contributed by atoms with Crippen molar-refractivity contribution in [2.24, 2.45) is 9.98 Å². The summed E-state index contributed by atoms with van der Waals surface area (Å²) in [6, 6.07) is 18.6. The van der Waals surface area contributed by atoms with Gasteiger partial charge in [-0.05, 0) is 36.8 Å². The fourth-order valence-corrected chi connectivity index (χ4v) is 5.61. The lowest BCUT2D eigenvalue weighted by Gasteiger charge is -2.15. The Labute approximate surface area is 180 Å². The van der Waals surface area contributed by atoms with Gasteiger partial charge in [-0.1, -0.05) is 59.9 Å². The van der Waals surface area contributed by atoms with Crippen LogP contribution >= 0.6 is 23.5 Å². The van der Waals surface area contributed by atoms with Gasteiger partial charge in [-0.3, -0.25) is 9.98 Å². The van der Waals surface area contributed by atoms with Crippen LogP contribution in [-0.4, -0.2) is 54.9 Å². The maximum Gasteiger partial charge on any atom is 0.161 e. The van der Waals surface area contributed by atoms with Gasteiger partial charge in [0.15, 0.2) is 20.2 Å². The van der Waals surface area contributed by atoms with E-state index in [0.29, 0.717) is 10.3 Å². The number of nitrogens with zero attached hydrogens (tertiary/aromatic N) is 2. The Hall–Kier alpha value is -1.97. The summed E-state index contributed by atoms with van der Waals surface area (Å²) in [6.45, 7) is 0. The largest absolute Gasteiger partial charge is 0.335 e. The van der Waals surface area contributed by atoms with Crippen molar-refractivity contribution in [3.63, 3.8) is 0 Å². The number of para-hydroxylation sites is 2. The zero-order valence-electron chi connectivity index (χ0n) is 16.3. The van der Waals surface area contributed by atoms with Gasteiger partial charge in [0, 0.05) is 11.4 Å². The van der Waals surface area contributed by atoms with E-state index in [2.05, 4.69) is 10.6 Å². The van der Waals surface area contributed by atoms with Crippen molar-refractivity contribution in [2.75, 3.05) is 34.7 Å². The molecule has 3 rings (SSSR count). The fraction of sp³-hybridized carbons (Fsp3) is 0.300. The Morgan fingerprint density at radius 3 is 1.52 bits per heavy atom. The zero-order valence-corrected chi connectivity index (χ0v) is 18.7. The first-order valence-corrected chi connectivity index (χ1v) is 13.3. The summed E-state index contributed by atoms with van der Waals surface area (Å²) in [5.74, 6) is 0.0173. The molecule has 29 heavy (non-hydrogen) atoms. The minimum Gasteiger partial charge on any atom is -0.335 e. The molecule has 1 fully saturated rings. The molecule has 0 aromatic heterocycles. The molecule has 2 aromatic rings. The second-order valence-corrected chi connectivity index (χ2v) is 10.2. The molecule has 2 atom stereocenters. The number of nitrogens with one attached hydrogen (secondary N) is 2. The molecule has 2 aromatic carbocycles. The number of sulfone groups is 1. The smallest absolute Gasteiger partial charge is 0.161 e. The number of amidine groups is 2. The second kappa shape index (κ2) is 10.2. The third-order valence-electron chi connectivity index (χ3n) is 4.30. The highest BCUT2D eigenvalue weighted by atomic mass is 32.2. The minimum absolute atomic E-state index is 0.00863. The van der Waals surface area contributed by atoms with Crippen molar-refractivity contribution in [3.8, 4) is 0 Å². The van der Waals surface area contributed by atoms with Gasteiger partial charge in [0.2, 0.25) is 0 Å². The van der Waals surface area contributed by atoms with Crippen LogP contribution in [-0.2, 0) is 9.84 Å². The normalized spacial score (nSPS) is 21.7. The van der Waals surface area contributed by atoms with Gasteiger partial charge >= 0.3 is 0 Å². The molecule has 0 saturated carbocycles. The van der Waals surface area contributed by atoms with Crippen LogP contribution in [0, 0.1) is 0 Å². The average molecular weight is 449 g/mol. The maximum absolute atomic E-state index is 12.3.